The topological polar surface area (TPSA) is 12.5 Å². The molecule has 0 amide bonds. The Morgan fingerprint density at radius 2 is 1.67 bits per heavy atom. The third-order valence-corrected chi connectivity index (χ3v) is 3.48. The highest BCUT2D eigenvalue weighted by molar-refractivity contribution is 5.31. The first kappa shape index (κ1) is 16.2. The smallest absolute Gasteiger partial charge is 0.379 e. The van der Waals surface area contributed by atoms with E-state index in [0.29, 0.717) is 32.2 Å². The molecule has 1 aliphatic rings. The molecule has 21 heavy (non-hydrogen) atoms. The first-order valence-electron chi connectivity index (χ1n) is 6.73. The molecular weight excluding hydrogens is 293 g/mol. The number of hydrogen-bond donors (Lipinski definition) is 0. The molecule has 0 spiro atoms. The summed E-state index contributed by atoms with van der Waals surface area (Å²) in [5.74, 6) is -2.72. The molecule has 0 aliphatic carbocycles. The molecule has 0 N–H and O–H groups in total. The van der Waals surface area contributed by atoms with Crippen LogP contribution in [0.25, 0.3) is 0 Å². The molecule has 0 radical (unpaired) electrons. The molecule has 0 aromatic heterocycles. The van der Waals surface area contributed by atoms with Gasteiger partial charge in [0.2, 0.25) is 0 Å². The maximum absolute atomic E-state index is 13.2. The van der Waals surface area contributed by atoms with E-state index in [-0.39, 0.29) is 18.1 Å². The molecule has 1 heterocycles. The van der Waals surface area contributed by atoms with Crippen molar-refractivity contribution in [3.63, 3.8) is 0 Å². The molecule has 1 fully saturated rings. The molecule has 1 aromatic carbocycles. The van der Waals surface area contributed by atoms with Gasteiger partial charge in [-0.3, -0.25) is 4.90 Å². The highest BCUT2D eigenvalue weighted by atomic mass is 19.4. The highest BCUT2D eigenvalue weighted by Gasteiger charge is 2.34. The zero-order chi connectivity index (χ0) is 15.5. The summed E-state index contributed by atoms with van der Waals surface area (Å²) in [6, 6.07) is 0.886. The van der Waals surface area contributed by atoms with Crippen molar-refractivity contribution in [3.05, 3.63) is 34.9 Å². The SMILES string of the molecule is Fc1cc(CCCN2CCOCC2)c(C(F)(F)F)cc1F. The predicted molar refractivity (Wildman–Crippen MR) is 66.9 cm³/mol. The van der Waals surface area contributed by atoms with Crippen molar-refractivity contribution in [1.82, 2.24) is 4.90 Å². The second-order valence-corrected chi connectivity index (χ2v) is 4.98. The van der Waals surface area contributed by atoms with E-state index in [1.165, 1.54) is 0 Å². The van der Waals surface area contributed by atoms with Crippen LogP contribution in [0.2, 0.25) is 0 Å². The Kier molecular flexibility index (Phi) is 5.16. The van der Waals surface area contributed by atoms with E-state index in [9.17, 15) is 22.0 Å². The van der Waals surface area contributed by atoms with Crippen LogP contribution in [0, 0.1) is 11.6 Å². The third-order valence-electron chi connectivity index (χ3n) is 3.48. The molecule has 0 atom stereocenters. The Labute approximate surface area is 119 Å². The second kappa shape index (κ2) is 6.70. The molecule has 2 rings (SSSR count). The molecule has 1 aromatic rings. The van der Waals surface area contributed by atoms with Crippen LogP contribution in [0.4, 0.5) is 22.0 Å². The number of rotatable bonds is 4. The van der Waals surface area contributed by atoms with Gasteiger partial charge >= 0.3 is 6.18 Å². The largest absolute Gasteiger partial charge is 0.416 e. The van der Waals surface area contributed by atoms with Crippen molar-refractivity contribution in [2.45, 2.75) is 19.0 Å². The average Bonchev–Trinajstić information content (AvgIpc) is 2.42. The summed E-state index contributed by atoms with van der Waals surface area (Å²) in [5, 5.41) is 0. The Bertz CT molecular complexity index is 483. The lowest BCUT2D eigenvalue weighted by molar-refractivity contribution is -0.138. The Hall–Kier alpha value is -1.21. The summed E-state index contributed by atoms with van der Waals surface area (Å²) in [4.78, 5) is 2.08. The molecule has 2 nitrogen and oxygen atoms in total. The lowest BCUT2D eigenvalue weighted by Crippen LogP contribution is -2.37. The van der Waals surface area contributed by atoms with Crippen LogP contribution >= 0.6 is 0 Å². The van der Waals surface area contributed by atoms with Gasteiger partial charge in [-0.15, -0.1) is 0 Å². The van der Waals surface area contributed by atoms with E-state index in [1.807, 2.05) is 0 Å². The number of morpholine rings is 1. The maximum Gasteiger partial charge on any atom is 0.416 e. The summed E-state index contributed by atoms with van der Waals surface area (Å²) in [6.45, 7) is 3.31. The van der Waals surface area contributed by atoms with Gasteiger partial charge in [-0.05, 0) is 37.1 Å². The second-order valence-electron chi connectivity index (χ2n) is 4.98. The molecule has 1 saturated heterocycles. The minimum atomic E-state index is -4.68. The van der Waals surface area contributed by atoms with Crippen LogP contribution in [0.15, 0.2) is 12.1 Å². The monoisotopic (exact) mass is 309 g/mol. The van der Waals surface area contributed by atoms with Crippen molar-refractivity contribution < 1.29 is 26.7 Å². The molecule has 1 aliphatic heterocycles. The molecule has 118 valence electrons. The fourth-order valence-corrected chi connectivity index (χ4v) is 2.38. The predicted octanol–water partition coefficient (Wildman–Crippen LogP) is 3.25. The maximum atomic E-state index is 13.2. The lowest BCUT2D eigenvalue weighted by atomic mass is 10.0. The Morgan fingerprint density at radius 3 is 2.29 bits per heavy atom. The first-order chi connectivity index (χ1) is 9.88. The average molecular weight is 309 g/mol. The standard InChI is InChI=1S/C14H16F5NO/c15-12-8-10(11(9-13(12)16)14(17,18)19)2-1-3-20-4-6-21-7-5-20/h8-9H,1-7H2. The fourth-order valence-electron chi connectivity index (χ4n) is 2.38. The van der Waals surface area contributed by atoms with Gasteiger partial charge in [0.1, 0.15) is 0 Å². The van der Waals surface area contributed by atoms with Gasteiger partial charge in [0.05, 0.1) is 18.8 Å². The Balaban J connectivity index is 2.02. The van der Waals surface area contributed by atoms with Gasteiger partial charge in [0.25, 0.3) is 0 Å². The normalized spacial score (nSPS) is 17.2. The molecule has 0 saturated carbocycles. The van der Waals surface area contributed by atoms with Crippen molar-refractivity contribution in [3.8, 4) is 0 Å². The van der Waals surface area contributed by atoms with Crippen molar-refractivity contribution >= 4 is 0 Å². The van der Waals surface area contributed by atoms with Gasteiger partial charge in [0, 0.05) is 13.1 Å². The molecule has 7 heteroatoms. The van der Waals surface area contributed by atoms with Gasteiger partial charge in [0.15, 0.2) is 11.6 Å². The summed E-state index contributed by atoms with van der Waals surface area (Å²) < 4.78 is 69.8. The number of hydrogen-bond acceptors (Lipinski definition) is 2. The van der Waals surface area contributed by atoms with Gasteiger partial charge in [-0.25, -0.2) is 8.78 Å². The number of alkyl halides is 3. The lowest BCUT2D eigenvalue weighted by Gasteiger charge is -2.26. The Morgan fingerprint density at radius 1 is 1.05 bits per heavy atom. The van der Waals surface area contributed by atoms with Crippen LogP contribution in [-0.4, -0.2) is 37.7 Å². The van der Waals surface area contributed by atoms with Gasteiger partial charge < -0.3 is 4.74 Å². The fraction of sp³-hybridized carbons (Fsp3) is 0.571. The number of nitrogens with zero attached hydrogens (tertiary/aromatic N) is 1. The van der Waals surface area contributed by atoms with E-state index in [1.54, 1.807) is 0 Å². The van der Waals surface area contributed by atoms with Crippen LogP contribution in [-0.2, 0) is 17.3 Å². The van der Waals surface area contributed by atoms with Crippen molar-refractivity contribution in [1.29, 1.82) is 0 Å². The zero-order valence-electron chi connectivity index (χ0n) is 11.3. The van der Waals surface area contributed by atoms with Crippen LogP contribution < -0.4 is 0 Å². The van der Waals surface area contributed by atoms with Gasteiger partial charge in [-0.2, -0.15) is 13.2 Å². The minimum absolute atomic E-state index is 0.0589. The van der Waals surface area contributed by atoms with E-state index in [2.05, 4.69) is 4.90 Å². The molecule has 0 unspecified atom stereocenters. The third kappa shape index (κ3) is 4.38. The summed E-state index contributed by atoms with van der Waals surface area (Å²) in [7, 11) is 0. The summed E-state index contributed by atoms with van der Waals surface area (Å²) in [6.07, 6.45) is -4.17. The van der Waals surface area contributed by atoms with Crippen LogP contribution in [0.1, 0.15) is 17.5 Å². The first-order valence-corrected chi connectivity index (χ1v) is 6.73. The minimum Gasteiger partial charge on any atom is -0.379 e. The highest BCUT2D eigenvalue weighted by Crippen LogP contribution is 2.33. The molecule has 0 bridgehead atoms. The van der Waals surface area contributed by atoms with Crippen molar-refractivity contribution in [2.75, 3.05) is 32.8 Å². The van der Waals surface area contributed by atoms with E-state index < -0.39 is 23.4 Å². The molecular formula is C14H16F5NO. The zero-order valence-corrected chi connectivity index (χ0v) is 11.3. The van der Waals surface area contributed by atoms with Crippen LogP contribution in [0.3, 0.4) is 0 Å². The quantitative estimate of drug-likeness (QED) is 0.792. The number of aryl methyl sites for hydroxylation is 1. The number of benzene rings is 1. The summed E-state index contributed by atoms with van der Waals surface area (Å²) in [5.41, 5.74) is -1.29. The number of halogens is 5. The van der Waals surface area contributed by atoms with Crippen LogP contribution in [0.5, 0.6) is 0 Å². The van der Waals surface area contributed by atoms with E-state index in [0.717, 1.165) is 13.1 Å². The van der Waals surface area contributed by atoms with E-state index >= 15 is 0 Å². The summed E-state index contributed by atoms with van der Waals surface area (Å²) >= 11 is 0. The van der Waals surface area contributed by atoms with E-state index in [4.69, 9.17) is 4.74 Å². The number of ether oxygens (including phenoxy) is 1. The van der Waals surface area contributed by atoms with Crippen molar-refractivity contribution in [2.24, 2.45) is 0 Å². The van der Waals surface area contributed by atoms with Gasteiger partial charge in [-0.1, -0.05) is 0 Å².